The van der Waals surface area contributed by atoms with Gasteiger partial charge < -0.3 is 9.88 Å². The number of urea groups is 1. The van der Waals surface area contributed by atoms with Crippen LogP contribution in [-0.4, -0.2) is 36.4 Å². The molecule has 27 heavy (non-hydrogen) atoms. The van der Waals surface area contributed by atoms with Crippen LogP contribution in [0.15, 0.2) is 55.4 Å². The quantitative estimate of drug-likeness (QED) is 0.701. The van der Waals surface area contributed by atoms with E-state index >= 15 is 0 Å². The van der Waals surface area contributed by atoms with E-state index < -0.39 is 0 Å². The molecule has 3 aromatic rings. The summed E-state index contributed by atoms with van der Waals surface area (Å²) in [6.45, 7) is 7.49. The van der Waals surface area contributed by atoms with Crippen molar-refractivity contribution in [2.45, 2.75) is 39.9 Å². The molecule has 2 heterocycles. The molecule has 1 aromatic carbocycles. The molecule has 8 heteroatoms. The minimum atomic E-state index is -0.326. The zero-order chi connectivity index (χ0) is 19.3. The van der Waals surface area contributed by atoms with E-state index in [9.17, 15) is 4.79 Å². The molecule has 0 radical (unpaired) electrons. The van der Waals surface area contributed by atoms with Gasteiger partial charge in [-0.05, 0) is 11.0 Å². The van der Waals surface area contributed by atoms with Gasteiger partial charge in [-0.15, -0.1) is 5.10 Å². The van der Waals surface area contributed by atoms with Gasteiger partial charge in [-0.3, -0.25) is 5.32 Å². The maximum Gasteiger partial charge on any atom is 0.321 e. The first-order chi connectivity index (χ1) is 12.9. The van der Waals surface area contributed by atoms with Crippen molar-refractivity contribution in [3.63, 3.8) is 0 Å². The summed E-state index contributed by atoms with van der Waals surface area (Å²) in [4.78, 5) is 20.6. The van der Waals surface area contributed by atoms with E-state index in [2.05, 4.69) is 46.5 Å². The Labute approximate surface area is 158 Å². The number of carbonyl (C=O) groups is 1. The van der Waals surface area contributed by atoms with Gasteiger partial charge in [0.15, 0.2) is 0 Å². The average Bonchev–Trinajstić information content (AvgIpc) is 3.26. The van der Waals surface area contributed by atoms with Gasteiger partial charge >= 0.3 is 6.03 Å². The zero-order valence-corrected chi connectivity index (χ0v) is 15.8. The number of benzene rings is 1. The summed E-state index contributed by atoms with van der Waals surface area (Å²) in [5.41, 5.74) is 0.994. The number of imidazole rings is 1. The lowest BCUT2D eigenvalue weighted by Gasteiger charge is -2.31. The molecule has 8 nitrogen and oxygen atoms in total. The van der Waals surface area contributed by atoms with Gasteiger partial charge in [0.1, 0.15) is 6.33 Å². The third kappa shape index (κ3) is 5.40. The topological polar surface area (TPSA) is 89.7 Å². The molecule has 2 aromatic heterocycles. The highest BCUT2D eigenvalue weighted by atomic mass is 16.2. The summed E-state index contributed by atoms with van der Waals surface area (Å²) in [5, 5.41) is 10.0. The van der Waals surface area contributed by atoms with Crippen LogP contribution in [0.5, 0.6) is 0 Å². The molecule has 0 spiro atoms. The standard InChI is InChI=1S/C19H25N7O/c1-19(2,3)16(12-25-10-9-20-13-25)22-18(27)23-17-21-14-26(24-17)11-15-7-5-4-6-8-15/h4-10,13-14,16H,11-12H2,1-3H3,(H2,22,23,24,27). The van der Waals surface area contributed by atoms with Crippen LogP contribution in [0.3, 0.4) is 0 Å². The average molecular weight is 367 g/mol. The summed E-state index contributed by atoms with van der Waals surface area (Å²) in [7, 11) is 0. The molecule has 2 amide bonds. The number of anilines is 1. The fourth-order valence-corrected chi connectivity index (χ4v) is 2.64. The van der Waals surface area contributed by atoms with E-state index in [1.807, 2.05) is 41.1 Å². The van der Waals surface area contributed by atoms with Crippen molar-refractivity contribution in [2.24, 2.45) is 5.41 Å². The fraction of sp³-hybridized carbons (Fsp3) is 0.368. The molecular formula is C19H25N7O. The normalized spacial score (nSPS) is 12.6. The molecule has 0 aliphatic carbocycles. The fourth-order valence-electron chi connectivity index (χ4n) is 2.64. The highest BCUT2D eigenvalue weighted by Crippen LogP contribution is 2.21. The van der Waals surface area contributed by atoms with Crippen molar-refractivity contribution in [3.05, 3.63) is 60.9 Å². The van der Waals surface area contributed by atoms with Crippen molar-refractivity contribution >= 4 is 12.0 Å². The molecule has 1 atom stereocenters. The Kier molecular flexibility index (Phi) is 5.54. The van der Waals surface area contributed by atoms with Gasteiger partial charge in [0.25, 0.3) is 0 Å². The summed E-state index contributed by atoms with van der Waals surface area (Å²) in [6.07, 6.45) is 6.95. The number of carbonyl (C=O) groups excluding carboxylic acids is 1. The molecule has 142 valence electrons. The second-order valence-electron chi connectivity index (χ2n) is 7.53. The number of rotatable bonds is 6. The van der Waals surface area contributed by atoms with E-state index in [0.29, 0.717) is 13.1 Å². The highest BCUT2D eigenvalue weighted by molar-refractivity contribution is 5.87. The first kappa shape index (κ1) is 18.6. The lowest BCUT2D eigenvalue weighted by molar-refractivity contribution is 0.218. The molecule has 2 N–H and O–H groups in total. The first-order valence-corrected chi connectivity index (χ1v) is 8.87. The number of nitrogens with one attached hydrogen (secondary N) is 2. The Bertz CT molecular complexity index is 850. The summed E-state index contributed by atoms with van der Waals surface area (Å²) < 4.78 is 3.64. The van der Waals surface area contributed by atoms with Crippen LogP contribution in [0.2, 0.25) is 0 Å². The third-order valence-corrected chi connectivity index (χ3v) is 4.25. The van der Waals surface area contributed by atoms with E-state index in [4.69, 9.17) is 0 Å². The Morgan fingerprint density at radius 1 is 1.19 bits per heavy atom. The van der Waals surface area contributed by atoms with Gasteiger partial charge in [-0.1, -0.05) is 51.1 Å². The molecule has 1 unspecified atom stereocenters. The van der Waals surface area contributed by atoms with Gasteiger partial charge in [0, 0.05) is 18.9 Å². The number of nitrogens with zero attached hydrogens (tertiary/aromatic N) is 5. The van der Waals surface area contributed by atoms with Crippen LogP contribution in [-0.2, 0) is 13.1 Å². The maximum absolute atomic E-state index is 12.4. The van der Waals surface area contributed by atoms with Crippen molar-refractivity contribution in [2.75, 3.05) is 5.32 Å². The number of amides is 2. The Balaban J connectivity index is 1.59. The van der Waals surface area contributed by atoms with Crippen LogP contribution < -0.4 is 10.6 Å². The lowest BCUT2D eigenvalue weighted by Crippen LogP contribution is -2.48. The highest BCUT2D eigenvalue weighted by Gasteiger charge is 2.27. The SMILES string of the molecule is CC(C)(C)C(Cn1ccnc1)NC(=O)Nc1ncn(Cc2ccccc2)n1. The number of hydrogen-bond donors (Lipinski definition) is 2. The van der Waals surface area contributed by atoms with Crippen LogP contribution in [0.4, 0.5) is 10.7 Å². The Morgan fingerprint density at radius 2 is 1.96 bits per heavy atom. The summed E-state index contributed by atoms with van der Waals surface area (Å²) in [5.74, 6) is 0.277. The van der Waals surface area contributed by atoms with E-state index in [1.54, 1.807) is 23.5 Å². The molecule has 0 aliphatic rings. The first-order valence-electron chi connectivity index (χ1n) is 8.87. The molecule has 0 fully saturated rings. The molecule has 0 saturated heterocycles. The monoisotopic (exact) mass is 367 g/mol. The number of hydrogen-bond acceptors (Lipinski definition) is 4. The van der Waals surface area contributed by atoms with E-state index in [0.717, 1.165) is 5.56 Å². The van der Waals surface area contributed by atoms with Crippen molar-refractivity contribution in [1.82, 2.24) is 29.6 Å². The Morgan fingerprint density at radius 3 is 2.63 bits per heavy atom. The maximum atomic E-state index is 12.4. The zero-order valence-electron chi connectivity index (χ0n) is 15.8. The van der Waals surface area contributed by atoms with Gasteiger partial charge in [-0.2, -0.15) is 0 Å². The molecule has 3 rings (SSSR count). The van der Waals surface area contributed by atoms with Crippen LogP contribution in [0.1, 0.15) is 26.3 Å². The molecule has 0 saturated carbocycles. The van der Waals surface area contributed by atoms with Gasteiger partial charge in [-0.25, -0.2) is 19.4 Å². The smallest absolute Gasteiger partial charge is 0.321 e. The second kappa shape index (κ2) is 8.03. The minimum Gasteiger partial charge on any atom is -0.335 e. The van der Waals surface area contributed by atoms with E-state index in [1.165, 1.54) is 0 Å². The summed E-state index contributed by atoms with van der Waals surface area (Å²) >= 11 is 0. The Hall–Kier alpha value is -3.16. The molecule has 0 aliphatic heterocycles. The minimum absolute atomic E-state index is 0.0851. The largest absolute Gasteiger partial charge is 0.335 e. The van der Waals surface area contributed by atoms with E-state index in [-0.39, 0.29) is 23.4 Å². The van der Waals surface area contributed by atoms with Crippen molar-refractivity contribution in [1.29, 1.82) is 0 Å². The van der Waals surface area contributed by atoms with Crippen molar-refractivity contribution < 1.29 is 4.79 Å². The van der Waals surface area contributed by atoms with Crippen molar-refractivity contribution in [3.8, 4) is 0 Å². The third-order valence-electron chi connectivity index (χ3n) is 4.25. The lowest BCUT2D eigenvalue weighted by atomic mass is 9.86. The predicted molar refractivity (Wildman–Crippen MR) is 103 cm³/mol. The van der Waals surface area contributed by atoms with Crippen LogP contribution in [0.25, 0.3) is 0 Å². The molecule has 0 bridgehead atoms. The van der Waals surface area contributed by atoms with Gasteiger partial charge in [0.2, 0.25) is 5.95 Å². The number of aromatic nitrogens is 5. The van der Waals surface area contributed by atoms with Gasteiger partial charge in [0.05, 0.1) is 18.9 Å². The summed E-state index contributed by atoms with van der Waals surface area (Å²) in [6, 6.07) is 9.55. The predicted octanol–water partition coefficient (Wildman–Crippen LogP) is 2.76. The van der Waals surface area contributed by atoms with Crippen LogP contribution >= 0.6 is 0 Å². The van der Waals surface area contributed by atoms with Crippen LogP contribution in [0, 0.1) is 5.41 Å². The molecular weight excluding hydrogens is 342 g/mol. The second-order valence-corrected chi connectivity index (χ2v) is 7.53.